The van der Waals surface area contributed by atoms with Gasteiger partial charge in [0.2, 0.25) is 15.9 Å². The van der Waals surface area contributed by atoms with E-state index in [9.17, 15) is 13.2 Å². The van der Waals surface area contributed by atoms with Gasteiger partial charge in [0, 0.05) is 44.6 Å². The van der Waals surface area contributed by atoms with E-state index in [1.165, 1.54) is 5.56 Å². The van der Waals surface area contributed by atoms with Crippen molar-refractivity contribution in [2.75, 3.05) is 26.2 Å². The molecular weight excluding hydrogens is 460 g/mol. The van der Waals surface area contributed by atoms with E-state index in [2.05, 4.69) is 15.2 Å². The van der Waals surface area contributed by atoms with Gasteiger partial charge in [-0.05, 0) is 86.0 Å². The van der Waals surface area contributed by atoms with Gasteiger partial charge in [0.05, 0.1) is 10.8 Å². The minimum Gasteiger partial charge on any atom is -0.356 e. The Morgan fingerprint density at radius 3 is 2.60 bits per heavy atom. The molecule has 5 rings (SSSR count). The number of aryl methyl sites for hydroxylation is 2. The van der Waals surface area contributed by atoms with Gasteiger partial charge in [-0.2, -0.15) is 4.31 Å². The number of nitrogens with one attached hydrogen (secondary N) is 1. The summed E-state index contributed by atoms with van der Waals surface area (Å²) < 4.78 is 29.1. The fourth-order valence-electron chi connectivity index (χ4n) is 5.88. The van der Waals surface area contributed by atoms with E-state index < -0.39 is 10.0 Å². The summed E-state index contributed by atoms with van der Waals surface area (Å²) in [5.74, 6) is -0.160. The van der Waals surface area contributed by atoms with Crippen molar-refractivity contribution in [1.29, 1.82) is 0 Å². The second-order valence-electron chi connectivity index (χ2n) is 10.1. The minimum absolute atomic E-state index is 0.0613. The lowest BCUT2D eigenvalue weighted by atomic mass is 9.90. The van der Waals surface area contributed by atoms with Crippen molar-refractivity contribution in [1.82, 2.24) is 19.5 Å². The van der Waals surface area contributed by atoms with Crippen LogP contribution in [0.3, 0.4) is 0 Å². The van der Waals surface area contributed by atoms with Crippen LogP contribution in [0.25, 0.3) is 0 Å². The average molecular weight is 497 g/mol. The van der Waals surface area contributed by atoms with E-state index in [4.69, 9.17) is 0 Å². The van der Waals surface area contributed by atoms with Crippen LogP contribution < -0.4 is 5.32 Å². The molecule has 1 aromatic carbocycles. The number of pyridine rings is 1. The van der Waals surface area contributed by atoms with E-state index in [1.807, 2.05) is 24.3 Å². The number of carbonyl (C=O) groups excluding carboxylic acids is 1. The number of rotatable bonds is 4. The molecule has 1 N–H and O–H groups in total. The van der Waals surface area contributed by atoms with Crippen molar-refractivity contribution in [3.63, 3.8) is 0 Å². The van der Waals surface area contributed by atoms with Crippen LogP contribution in [0.4, 0.5) is 0 Å². The Labute approximate surface area is 209 Å². The zero-order valence-corrected chi connectivity index (χ0v) is 21.2. The smallest absolute Gasteiger partial charge is 0.243 e. The van der Waals surface area contributed by atoms with Crippen LogP contribution in [0.5, 0.6) is 0 Å². The molecule has 188 valence electrons. The van der Waals surface area contributed by atoms with Crippen LogP contribution in [0, 0.1) is 5.92 Å². The molecule has 2 atom stereocenters. The molecule has 1 amide bonds. The lowest BCUT2D eigenvalue weighted by molar-refractivity contribution is -0.129. The summed E-state index contributed by atoms with van der Waals surface area (Å²) in [5.41, 5.74) is 3.56. The van der Waals surface area contributed by atoms with Crippen molar-refractivity contribution in [3.05, 3.63) is 59.4 Å². The fraction of sp³-hybridized carbons (Fsp3) is 0.556. The van der Waals surface area contributed by atoms with Crippen LogP contribution in [-0.2, 0) is 34.2 Å². The number of aromatic nitrogens is 1. The highest BCUT2D eigenvalue weighted by molar-refractivity contribution is 7.89. The molecule has 0 unspecified atom stereocenters. The topological polar surface area (TPSA) is 82.6 Å². The van der Waals surface area contributed by atoms with E-state index in [-0.39, 0.29) is 17.9 Å². The van der Waals surface area contributed by atoms with Crippen LogP contribution in [0.1, 0.15) is 55.2 Å². The van der Waals surface area contributed by atoms with E-state index in [0.717, 1.165) is 62.6 Å². The van der Waals surface area contributed by atoms with Gasteiger partial charge < -0.3 is 5.32 Å². The summed E-state index contributed by atoms with van der Waals surface area (Å²) in [6.07, 6.45) is 11.4. The Bertz CT molecular complexity index is 1140. The van der Waals surface area contributed by atoms with E-state index in [1.54, 1.807) is 22.8 Å². The van der Waals surface area contributed by atoms with Gasteiger partial charge in [0.15, 0.2) is 0 Å². The first kappa shape index (κ1) is 24.4. The summed E-state index contributed by atoms with van der Waals surface area (Å²) in [5, 5.41) is 3.13. The van der Waals surface area contributed by atoms with Crippen molar-refractivity contribution >= 4 is 15.9 Å². The number of nitrogens with zero attached hydrogens (tertiary/aromatic N) is 3. The molecule has 0 saturated carbocycles. The van der Waals surface area contributed by atoms with Crippen molar-refractivity contribution in [2.24, 2.45) is 5.92 Å². The highest BCUT2D eigenvalue weighted by atomic mass is 32.2. The number of amides is 1. The second kappa shape index (κ2) is 10.8. The number of hydrogen-bond acceptors (Lipinski definition) is 5. The molecule has 35 heavy (non-hydrogen) atoms. The number of piperidine rings is 1. The predicted octanol–water partition coefficient (Wildman–Crippen LogP) is 3.14. The fourth-order valence-corrected chi connectivity index (χ4v) is 7.40. The van der Waals surface area contributed by atoms with E-state index >= 15 is 0 Å². The number of carbonyl (C=O) groups is 1. The van der Waals surface area contributed by atoms with Gasteiger partial charge in [-0.1, -0.05) is 18.9 Å². The Hall–Kier alpha value is -2.29. The molecule has 1 aromatic heterocycles. The summed E-state index contributed by atoms with van der Waals surface area (Å²) in [6.45, 7) is 2.94. The maximum atomic E-state index is 13.7. The maximum Gasteiger partial charge on any atom is 0.243 e. The van der Waals surface area contributed by atoms with Crippen molar-refractivity contribution in [3.8, 4) is 0 Å². The first-order valence-electron chi connectivity index (χ1n) is 13.0. The monoisotopic (exact) mass is 496 g/mol. The quantitative estimate of drug-likeness (QED) is 0.703. The highest BCUT2D eigenvalue weighted by Crippen LogP contribution is 2.31. The number of benzene rings is 1. The Morgan fingerprint density at radius 1 is 0.943 bits per heavy atom. The lowest BCUT2D eigenvalue weighted by Crippen LogP contribution is -2.57. The molecule has 0 bridgehead atoms. The summed E-state index contributed by atoms with van der Waals surface area (Å²) in [6, 6.07) is 9.47. The van der Waals surface area contributed by atoms with Crippen LogP contribution in [-0.4, -0.2) is 60.7 Å². The highest BCUT2D eigenvalue weighted by Gasteiger charge is 2.41. The molecule has 2 saturated heterocycles. The molecule has 2 aromatic rings. The second-order valence-corrected chi connectivity index (χ2v) is 12.1. The van der Waals surface area contributed by atoms with Gasteiger partial charge >= 0.3 is 0 Å². The van der Waals surface area contributed by atoms with Crippen molar-refractivity contribution < 1.29 is 13.2 Å². The number of hydrogen-bond donors (Lipinski definition) is 1. The molecule has 0 spiro atoms. The van der Waals surface area contributed by atoms with Gasteiger partial charge in [0.1, 0.15) is 0 Å². The average Bonchev–Trinajstić information content (AvgIpc) is 3.34. The third-order valence-corrected chi connectivity index (χ3v) is 9.73. The summed E-state index contributed by atoms with van der Waals surface area (Å²) in [4.78, 5) is 20.1. The first-order valence-corrected chi connectivity index (χ1v) is 14.5. The molecule has 2 fully saturated rings. The van der Waals surface area contributed by atoms with Gasteiger partial charge in [0.25, 0.3) is 0 Å². The Morgan fingerprint density at radius 2 is 1.74 bits per heavy atom. The normalized spacial score (nSPS) is 24.7. The lowest BCUT2D eigenvalue weighted by Gasteiger charge is -2.43. The van der Waals surface area contributed by atoms with Gasteiger partial charge in [-0.3, -0.25) is 14.7 Å². The Balaban J connectivity index is 1.44. The maximum absolute atomic E-state index is 13.7. The minimum atomic E-state index is -3.63. The molecule has 3 aliphatic rings. The molecule has 1 aliphatic carbocycles. The Kier molecular flexibility index (Phi) is 7.51. The first-order chi connectivity index (χ1) is 17.0. The molecule has 3 heterocycles. The standard InChI is InChI=1S/C27H36N4O3S/c32-27-25-12-17-31(35(33,34)24-9-8-22-6-5-7-23(22)18-24)20-26(25)30(16-4-2-1-3-13-29-27)19-21-10-14-28-15-11-21/h8-11,14-15,18,25-26H,1-7,12-13,16-17,19-20H2,(H,29,32)/t25-,26-/m1/s1. The largest absolute Gasteiger partial charge is 0.356 e. The van der Waals surface area contributed by atoms with Gasteiger partial charge in [-0.25, -0.2) is 8.42 Å². The summed E-state index contributed by atoms with van der Waals surface area (Å²) >= 11 is 0. The van der Waals surface area contributed by atoms with Crippen LogP contribution in [0.2, 0.25) is 0 Å². The molecule has 7 nitrogen and oxygen atoms in total. The van der Waals surface area contributed by atoms with E-state index in [0.29, 0.717) is 37.5 Å². The third kappa shape index (κ3) is 5.44. The number of sulfonamides is 1. The number of fused-ring (bicyclic) bond motifs is 2. The SMILES string of the molecule is O=C1NCCCCCCN(Cc2ccncc2)[C@@H]2CN(S(=O)(=O)c3ccc4c(c3)CCC4)CC[C@@H]12. The zero-order chi connectivity index (χ0) is 24.3. The van der Waals surface area contributed by atoms with Gasteiger partial charge in [-0.15, -0.1) is 0 Å². The summed E-state index contributed by atoms with van der Waals surface area (Å²) in [7, 11) is -3.63. The van der Waals surface area contributed by atoms with Crippen molar-refractivity contribution in [2.45, 2.75) is 68.8 Å². The third-order valence-electron chi connectivity index (χ3n) is 7.86. The molecule has 0 radical (unpaired) electrons. The predicted molar refractivity (Wildman–Crippen MR) is 135 cm³/mol. The van der Waals surface area contributed by atoms with Crippen LogP contribution in [0.15, 0.2) is 47.6 Å². The molecule has 8 heteroatoms. The van der Waals surface area contributed by atoms with Crippen LogP contribution >= 0.6 is 0 Å². The zero-order valence-electron chi connectivity index (χ0n) is 20.4. The molecular formula is C27H36N4O3S. The molecule has 2 aliphatic heterocycles.